The molecule has 0 atom stereocenters. The van der Waals surface area contributed by atoms with Crippen LogP contribution in [0.5, 0.6) is 0 Å². The first-order valence-electron chi connectivity index (χ1n) is 10.4. The van der Waals surface area contributed by atoms with Crippen LogP contribution < -0.4 is 5.32 Å². The number of H-pyrrole nitrogens is 1. The van der Waals surface area contributed by atoms with E-state index in [1.54, 1.807) is 12.1 Å². The highest BCUT2D eigenvalue weighted by molar-refractivity contribution is 6.23. The Bertz CT molecular complexity index is 1520. The molecular formula is C26H17N5O3. The molecule has 34 heavy (non-hydrogen) atoms. The fourth-order valence-electron chi connectivity index (χ4n) is 3.86. The van der Waals surface area contributed by atoms with E-state index < -0.39 is 17.7 Å². The topological polar surface area (TPSA) is 119 Å². The molecule has 0 saturated carbocycles. The van der Waals surface area contributed by atoms with Crippen LogP contribution in [0, 0.1) is 11.3 Å². The fraction of sp³-hybridized carbons (Fsp3) is 0.0385. The molecule has 0 radical (unpaired) electrons. The minimum atomic E-state index is -0.561. The lowest BCUT2D eigenvalue weighted by atomic mass is 10.1. The molecule has 0 saturated heterocycles. The van der Waals surface area contributed by atoms with E-state index >= 15 is 0 Å². The van der Waals surface area contributed by atoms with Crippen molar-refractivity contribution >= 4 is 34.4 Å². The lowest BCUT2D eigenvalue weighted by Crippen LogP contribution is -2.27. The molecule has 1 aromatic heterocycles. The van der Waals surface area contributed by atoms with Gasteiger partial charge in [0.1, 0.15) is 5.82 Å². The molecule has 0 fully saturated rings. The van der Waals surface area contributed by atoms with E-state index in [9.17, 15) is 14.4 Å². The number of aromatic amines is 1. The number of fused-ring (bicyclic) bond motifs is 2. The van der Waals surface area contributed by atoms with E-state index in [1.807, 2.05) is 42.5 Å². The van der Waals surface area contributed by atoms with Crippen LogP contribution in [-0.4, -0.2) is 32.6 Å². The molecule has 0 spiro atoms. The number of allylic oxidation sites excluding steroid dienone is 2. The Morgan fingerprint density at radius 2 is 1.76 bits per heavy atom. The number of anilines is 1. The van der Waals surface area contributed by atoms with Gasteiger partial charge in [0.2, 0.25) is 0 Å². The molecule has 0 unspecified atom stereocenters. The predicted molar refractivity (Wildman–Crippen MR) is 126 cm³/mol. The molecule has 0 aliphatic carbocycles. The van der Waals surface area contributed by atoms with Crippen LogP contribution in [0.4, 0.5) is 5.69 Å². The van der Waals surface area contributed by atoms with Crippen molar-refractivity contribution in [3.8, 4) is 17.5 Å². The highest BCUT2D eigenvalue weighted by Crippen LogP contribution is 2.28. The Labute approximate surface area is 194 Å². The van der Waals surface area contributed by atoms with Gasteiger partial charge in [0.05, 0.1) is 28.2 Å². The summed E-state index contributed by atoms with van der Waals surface area (Å²) in [6.07, 6.45) is 1.13. The maximum absolute atomic E-state index is 12.8. The standard InChI is InChI=1S/C26H17N5O3/c1-15(12-13-27)31-25(33)19-11-8-17(14-20(19)26(31)34)24(32)28-18-9-6-16(7-10-18)23-29-21-4-2-3-5-22(21)30-23/h2-12,14H,1H3,(H,28,32)(H,29,30)/b15-12+. The SMILES string of the molecule is C/C(=C\C#N)N1C(=O)c2ccc(C(=O)Nc3ccc(-c4nc5ccccc5[nH]4)cc3)cc2C1=O. The quantitative estimate of drug-likeness (QED) is 0.353. The zero-order valence-corrected chi connectivity index (χ0v) is 18.0. The monoisotopic (exact) mass is 447 g/mol. The molecular weight excluding hydrogens is 430 g/mol. The van der Waals surface area contributed by atoms with Crippen LogP contribution in [-0.2, 0) is 0 Å². The third-order valence-electron chi connectivity index (χ3n) is 5.58. The van der Waals surface area contributed by atoms with Crippen LogP contribution in [0.2, 0.25) is 0 Å². The van der Waals surface area contributed by atoms with E-state index in [4.69, 9.17) is 5.26 Å². The van der Waals surface area contributed by atoms with Crippen LogP contribution >= 0.6 is 0 Å². The average Bonchev–Trinajstić information content (AvgIpc) is 3.38. The van der Waals surface area contributed by atoms with E-state index in [2.05, 4.69) is 15.3 Å². The van der Waals surface area contributed by atoms with Gasteiger partial charge in [-0.2, -0.15) is 5.26 Å². The highest BCUT2D eigenvalue weighted by Gasteiger charge is 2.37. The fourth-order valence-corrected chi connectivity index (χ4v) is 3.86. The summed E-state index contributed by atoms with van der Waals surface area (Å²) in [7, 11) is 0. The van der Waals surface area contributed by atoms with Crippen LogP contribution in [0.25, 0.3) is 22.4 Å². The van der Waals surface area contributed by atoms with Gasteiger partial charge in [-0.3, -0.25) is 14.4 Å². The molecule has 4 aromatic rings. The summed E-state index contributed by atoms with van der Waals surface area (Å²) in [4.78, 5) is 46.8. The zero-order chi connectivity index (χ0) is 23.8. The first kappa shape index (κ1) is 20.8. The van der Waals surface area contributed by atoms with Gasteiger partial charge in [-0.15, -0.1) is 0 Å². The second-order valence-corrected chi connectivity index (χ2v) is 7.75. The van der Waals surface area contributed by atoms with Crippen LogP contribution in [0.1, 0.15) is 38.0 Å². The van der Waals surface area contributed by atoms with Gasteiger partial charge in [0.25, 0.3) is 17.7 Å². The molecule has 1 aliphatic rings. The number of hydrogen-bond acceptors (Lipinski definition) is 5. The zero-order valence-electron chi connectivity index (χ0n) is 18.0. The summed E-state index contributed by atoms with van der Waals surface area (Å²) in [6.45, 7) is 1.51. The van der Waals surface area contributed by atoms with Crippen molar-refractivity contribution in [1.29, 1.82) is 5.26 Å². The number of nitrogens with zero attached hydrogens (tertiary/aromatic N) is 3. The largest absolute Gasteiger partial charge is 0.338 e. The van der Waals surface area contributed by atoms with Gasteiger partial charge >= 0.3 is 0 Å². The maximum atomic E-state index is 12.8. The average molecular weight is 447 g/mol. The minimum Gasteiger partial charge on any atom is -0.338 e. The number of hydrogen-bond donors (Lipinski definition) is 2. The van der Waals surface area contributed by atoms with Gasteiger partial charge in [-0.1, -0.05) is 12.1 Å². The number of carbonyl (C=O) groups excluding carboxylic acids is 3. The Balaban J connectivity index is 1.35. The van der Waals surface area contributed by atoms with Crippen molar-refractivity contribution in [2.24, 2.45) is 0 Å². The third-order valence-corrected chi connectivity index (χ3v) is 5.58. The van der Waals surface area contributed by atoms with Gasteiger partial charge in [-0.25, -0.2) is 9.88 Å². The van der Waals surface area contributed by atoms with E-state index in [0.29, 0.717) is 5.69 Å². The van der Waals surface area contributed by atoms with E-state index in [-0.39, 0.29) is 22.4 Å². The smallest absolute Gasteiger partial charge is 0.265 e. The van der Waals surface area contributed by atoms with Gasteiger partial charge in [-0.05, 0) is 61.5 Å². The number of imidazole rings is 1. The molecule has 164 valence electrons. The highest BCUT2D eigenvalue weighted by atomic mass is 16.2. The van der Waals surface area contributed by atoms with Gasteiger partial charge in [0.15, 0.2) is 0 Å². The Hall–Kier alpha value is -5.03. The maximum Gasteiger partial charge on any atom is 0.265 e. The van der Waals surface area contributed by atoms with Crippen molar-refractivity contribution in [3.63, 3.8) is 0 Å². The summed E-state index contributed by atoms with van der Waals surface area (Å²) in [5.41, 5.74) is 4.05. The normalized spacial score (nSPS) is 13.2. The Morgan fingerprint density at radius 3 is 2.50 bits per heavy atom. The molecule has 1 aliphatic heterocycles. The molecule has 2 heterocycles. The van der Waals surface area contributed by atoms with Gasteiger partial charge < -0.3 is 10.3 Å². The summed E-state index contributed by atoms with van der Waals surface area (Å²) in [6, 6.07) is 21.1. The predicted octanol–water partition coefficient (Wildman–Crippen LogP) is 4.51. The first-order valence-corrected chi connectivity index (χ1v) is 10.4. The Morgan fingerprint density at radius 1 is 1.03 bits per heavy atom. The number of rotatable bonds is 4. The number of aromatic nitrogens is 2. The third kappa shape index (κ3) is 3.51. The molecule has 5 rings (SSSR count). The molecule has 2 N–H and O–H groups in total. The lowest BCUT2D eigenvalue weighted by Gasteiger charge is -2.12. The van der Waals surface area contributed by atoms with Crippen LogP contribution in [0.3, 0.4) is 0 Å². The van der Waals surface area contributed by atoms with Crippen molar-refractivity contribution in [3.05, 3.63) is 95.2 Å². The second-order valence-electron chi connectivity index (χ2n) is 7.75. The van der Waals surface area contributed by atoms with Crippen molar-refractivity contribution in [1.82, 2.24) is 14.9 Å². The summed E-state index contributed by atoms with van der Waals surface area (Å²) < 4.78 is 0. The summed E-state index contributed by atoms with van der Waals surface area (Å²) >= 11 is 0. The Kier molecular flexibility index (Phi) is 5.00. The number of benzene rings is 3. The summed E-state index contributed by atoms with van der Waals surface area (Å²) in [5.74, 6) is -0.764. The number of nitrogens with one attached hydrogen (secondary N) is 2. The lowest BCUT2D eigenvalue weighted by molar-refractivity contribution is 0.0704. The van der Waals surface area contributed by atoms with Gasteiger partial charge in [0, 0.05) is 28.6 Å². The molecule has 3 aromatic carbocycles. The van der Waals surface area contributed by atoms with Crippen molar-refractivity contribution in [2.45, 2.75) is 6.92 Å². The second kappa shape index (κ2) is 8.15. The summed E-state index contributed by atoms with van der Waals surface area (Å²) in [5, 5.41) is 11.6. The number of carbonyl (C=O) groups is 3. The van der Waals surface area contributed by atoms with Crippen molar-refractivity contribution in [2.75, 3.05) is 5.32 Å². The molecule has 0 bridgehead atoms. The van der Waals surface area contributed by atoms with E-state index in [1.165, 1.54) is 25.1 Å². The molecule has 8 heteroatoms. The molecule has 8 nitrogen and oxygen atoms in total. The minimum absolute atomic E-state index is 0.128. The van der Waals surface area contributed by atoms with Crippen molar-refractivity contribution < 1.29 is 14.4 Å². The van der Waals surface area contributed by atoms with Crippen LogP contribution in [0.15, 0.2) is 78.5 Å². The van der Waals surface area contributed by atoms with E-state index in [0.717, 1.165) is 33.4 Å². The first-order chi connectivity index (χ1) is 16.5. The number of amides is 3. The number of para-hydroxylation sites is 2. The number of nitriles is 1. The molecule has 3 amide bonds. The number of imide groups is 1.